The number of aryl methyl sites for hydroxylation is 2. The van der Waals surface area contributed by atoms with E-state index in [1.54, 1.807) is 12.1 Å². The van der Waals surface area contributed by atoms with Gasteiger partial charge in [0.25, 0.3) is 0 Å². The van der Waals surface area contributed by atoms with Gasteiger partial charge in [0.05, 0.1) is 24.8 Å². The summed E-state index contributed by atoms with van der Waals surface area (Å²) < 4.78 is 5.68. The van der Waals surface area contributed by atoms with E-state index in [0.29, 0.717) is 43.9 Å². The standard InChI is InChI=1S/C17H19N5O2/c1-12-19-17(21-20-12)15-11-22(8-9-24-15)16(23)7-6-13-2-4-14(10-18)5-3-13/h2-5,15H,6-9,11H2,1H3,(H,19,20,21)/t15-/m0/s1. The number of carbonyl (C=O) groups excluding carboxylic acids is 1. The average Bonchev–Trinajstić information content (AvgIpc) is 3.06. The fraction of sp³-hybridized carbons (Fsp3) is 0.412. The average molecular weight is 325 g/mol. The van der Waals surface area contributed by atoms with Crippen LogP contribution in [0.2, 0.25) is 0 Å². The van der Waals surface area contributed by atoms with Crippen molar-refractivity contribution in [1.82, 2.24) is 20.1 Å². The number of amides is 1. The lowest BCUT2D eigenvalue weighted by Gasteiger charge is -2.31. The molecule has 0 unspecified atom stereocenters. The van der Waals surface area contributed by atoms with E-state index in [9.17, 15) is 4.79 Å². The number of nitrogens with zero attached hydrogens (tertiary/aromatic N) is 4. The number of rotatable bonds is 4. The molecule has 1 amide bonds. The molecule has 7 nitrogen and oxygen atoms in total. The van der Waals surface area contributed by atoms with Crippen molar-refractivity contribution in [3.8, 4) is 6.07 Å². The second-order valence-corrected chi connectivity index (χ2v) is 5.79. The third-order valence-corrected chi connectivity index (χ3v) is 4.03. The first-order chi connectivity index (χ1) is 11.7. The molecule has 0 radical (unpaired) electrons. The van der Waals surface area contributed by atoms with Crippen LogP contribution in [-0.4, -0.2) is 45.7 Å². The molecule has 0 aliphatic carbocycles. The van der Waals surface area contributed by atoms with Crippen LogP contribution in [0, 0.1) is 18.3 Å². The molecule has 7 heteroatoms. The number of aromatic nitrogens is 3. The number of hydrogen-bond donors (Lipinski definition) is 1. The van der Waals surface area contributed by atoms with Crippen LogP contribution >= 0.6 is 0 Å². The first-order valence-corrected chi connectivity index (χ1v) is 7.93. The number of aromatic amines is 1. The van der Waals surface area contributed by atoms with E-state index in [1.165, 1.54) is 0 Å². The van der Waals surface area contributed by atoms with Gasteiger partial charge in [0.1, 0.15) is 11.9 Å². The number of morpholine rings is 1. The van der Waals surface area contributed by atoms with Crippen molar-refractivity contribution in [2.75, 3.05) is 19.7 Å². The van der Waals surface area contributed by atoms with Crippen molar-refractivity contribution in [2.24, 2.45) is 0 Å². The molecule has 1 aliphatic heterocycles. The molecule has 2 aromatic rings. The van der Waals surface area contributed by atoms with E-state index in [4.69, 9.17) is 10.00 Å². The summed E-state index contributed by atoms with van der Waals surface area (Å²) in [5, 5.41) is 15.7. The molecule has 1 saturated heterocycles. The Kier molecular flexibility index (Phi) is 4.87. The quantitative estimate of drug-likeness (QED) is 0.919. The lowest BCUT2D eigenvalue weighted by molar-refractivity contribution is -0.139. The van der Waals surface area contributed by atoms with Gasteiger partial charge in [-0.1, -0.05) is 12.1 Å². The van der Waals surface area contributed by atoms with E-state index >= 15 is 0 Å². The number of nitrogens with one attached hydrogen (secondary N) is 1. The van der Waals surface area contributed by atoms with Crippen LogP contribution in [0.4, 0.5) is 0 Å². The second kappa shape index (κ2) is 7.23. The van der Waals surface area contributed by atoms with Crippen LogP contribution in [0.15, 0.2) is 24.3 Å². The summed E-state index contributed by atoms with van der Waals surface area (Å²) in [4.78, 5) is 18.5. The summed E-state index contributed by atoms with van der Waals surface area (Å²) in [6.07, 6.45) is 0.820. The summed E-state index contributed by atoms with van der Waals surface area (Å²) in [7, 11) is 0. The van der Waals surface area contributed by atoms with Gasteiger partial charge < -0.3 is 9.64 Å². The minimum Gasteiger partial charge on any atom is -0.366 e. The Morgan fingerprint density at radius 1 is 1.46 bits per heavy atom. The Bertz CT molecular complexity index is 747. The fourth-order valence-corrected chi connectivity index (χ4v) is 2.69. The zero-order valence-electron chi connectivity index (χ0n) is 13.5. The van der Waals surface area contributed by atoms with Crippen molar-refractivity contribution < 1.29 is 9.53 Å². The SMILES string of the molecule is Cc1nc([C@@H]2CN(C(=O)CCc3ccc(C#N)cc3)CCO2)n[nH]1. The highest BCUT2D eigenvalue weighted by molar-refractivity contribution is 5.76. The van der Waals surface area contributed by atoms with Crippen LogP contribution in [0.3, 0.4) is 0 Å². The van der Waals surface area contributed by atoms with Crippen molar-refractivity contribution in [2.45, 2.75) is 25.9 Å². The molecule has 1 aliphatic rings. The smallest absolute Gasteiger partial charge is 0.223 e. The number of H-pyrrole nitrogens is 1. The summed E-state index contributed by atoms with van der Waals surface area (Å²) in [5.74, 6) is 1.43. The Morgan fingerprint density at radius 2 is 2.25 bits per heavy atom. The summed E-state index contributed by atoms with van der Waals surface area (Å²) in [6.45, 7) is 3.39. The Hall–Kier alpha value is -2.72. The normalized spacial score (nSPS) is 17.5. The van der Waals surface area contributed by atoms with Crippen molar-refractivity contribution in [3.05, 3.63) is 47.0 Å². The maximum Gasteiger partial charge on any atom is 0.223 e. The molecular weight excluding hydrogens is 306 g/mol. The lowest BCUT2D eigenvalue weighted by Crippen LogP contribution is -2.42. The van der Waals surface area contributed by atoms with Gasteiger partial charge in [0.2, 0.25) is 5.91 Å². The molecule has 0 saturated carbocycles. The Balaban J connectivity index is 1.55. The molecule has 1 aromatic heterocycles. The second-order valence-electron chi connectivity index (χ2n) is 5.79. The molecule has 1 N–H and O–H groups in total. The monoisotopic (exact) mass is 325 g/mol. The number of benzene rings is 1. The van der Waals surface area contributed by atoms with Gasteiger partial charge >= 0.3 is 0 Å². The minimum atomic E-state index is -0.275. The first-order valence-electron chi connectivity index (χ1n) is 7.93. The third kappa shape index (κ3) is 3.78. The molecule has 1 atom stereocenters. The van der Waals surface area contributed by atoms with Gasteiger partial charge in [0.15, 0.2) is 5.82 Å². The van der Waals surface area contributed by atoms with Crippen LogP contribution < -0.4 is 0 Å². The number of ether oxygens (including phenoxy) is 1. The summed E-state index contributed by atoms with van der Waals surface area (Å²) >= 11 is 0. The summed E-state index contributed by atoms with van der Waals surface area (Å²) in [5.41, 5.74) is 1.68. The van der Waals surface area contributed by atoms with Crippen molar-refractivity contribution in [3.63, 3.8) is 0 Å². The maximum atomic E-state index is 12.4. The van der Waals surface area contributed by atoms with Crippen LogP contribution in [0.1, 0.15) is 35.3 Å². The Morgan fingerprint density at radius 3 is 2.92 bits per heavy atom. The van der Waals surface area contributed by atoms with Gasteiger partial charge in [-0.3, -0.25) is 9.89 Å². The van der Waals surface area contributed by atoms with E-state index in [1.807, 2.05) is 24.0 Å². The van der Waals surface area contributed by atoms with Crippen molar-refractivity contribution >= 4 is 5.91 Å². The summed E-state index contributed by atoms with van der Waals surface area (Å²) in [6, 6.07) is 9.42. The van der Waals surface area contributed by atoms with Gasteiger partial charge in [-0.25, -0.2) is 4.98 Å². The van der Waals surface area contributed by atoms with E-state index in [0.717, 1.165) is 11.4 Å². The van der Waals surface area contributed by atoms with Crippen molar-refractivity contribution in [1.29, 1.82) is 5.26 Å². The molecular formula is C17H19N5O2. The Labute approximate surface area is 140 Å². The lowest BCUT2D eigenvalue weighted by atomic mass is 10.1. The molecule has 1 aromatic carbocycles. The molecule has 2 heterocycles. The molecule has 0 spiro atoms. The fourth-order valence-electron chi connectivity index (χ4n) is 2.69. The van der Waals surface area contributed by atoms with E-state index < -0.39 is 0 Å². The molecule has 24 heavy (non-hydrogen) atoms. The largest absolute Gasteiger partial charge is 0.366 e. The topological polar surface area (TPSA) is 94.9 Å². The number of hydrogen-bond acceptors (Lipinski definition) is 5. The predicted molar refractivity (Wildman–Crippen MR) is 85.9 cm³/mol. The van der Waals surface area contributed by atoms with Gasteiger partial charge in [-0.05, 0) is 31.0 Å². The highest BCUT2D eigenvalue weighted by atomic mass is 16.5. The van der Waals surface area contributed by atoms with E-state index in [-0.39, 0.29) is 12.0 Å². The first kappa shape index (κ1) is 16.1. The van der Waals surface area contributed by atoms with Crippen LogP contribution in [0.5, 0.6) is 0 Å². The third-order valence-electron chi connectivity index (χ3n) is 4.03. The van der Waals surface area contributed by atoms with Gasteiger partial charge in [-0.15, -0.1) is 0 Å². The highest BCUT2D eigenvalue weighted by Crippen LogP contribution is 2.20. The zero-order chi connectivity index (χ0) is 16.9. The molecule has 1 fully saturated rings. The number of nitriles is 1. The minimum absolute atomic E-state index is 0.0971. The van der Waals surface area contributed by atoms with Crippen LogP contribution in [0.25, 0.3) is 0 Å². The predicted octanol–water partition coefficient (Wildman–Crippen LogP) is 1.52. The highest BCUT2D eigenvalue weighted by Gasteiger charge is 2.27. The van der Waals surface area contributed by atoms with Gasteiger partial charge in [-0.2, -0.15) is 10.4 Å². The molecule has 124 valence electrons. The van der Waals surface area contributed by atoms with Gasteiger partial charge in [0, 0.05) is 13.0 Å². The zero-order valence-corrected chi connectivity index (χ0v) is 13.5. The molecule has 0 bridgehead atoms. The molecule has 3 rings (SSSR count). The maximum absolute atomic E-state index is 12.4. The number of carbonyl (C=O) groups is 1. The van der Waals surface area contributed by atoms with Crippen LogP contribution in [-0.2, 0) is 16.0 Å². The van der Waals surface area contributed by atoms with E-state index in [2.05, 4.69) is 21.3 Å².